The molecule has 104 valence electrons. The molecule has 0 aromatic heterocycles. The molecule has 3 nitrogen and oxygen atoms in total. The van der Waals surface area contributed by atoms with Crippen LogP contribution in [-0.2, 0) is 4.79 Å². The Morgan fingerprint density at radius 3 is 2.67 bits per heavy atom. The Balaban J connectivity index is 1.80. The van der Waals surface area contributed by atoms with E-state index in [1.54, 1.807) is 0 Å². The summed E-state index contributed by atoms with van der Waals surface area (Å²) in [6, 6.07) is 0. The third-order valence-electron chi connectivity index (χ3n) is 4.63. The lowest BCUT2D eigenvalue weighted by atomic mass is 9.80. The molecule has 2 aliphatic rings. The zero-order valence-corrected chi connectivity index (χ0v) is 12.2. The Kier molecular flexibility index (Phi) is 4.31. The Labute approximate surface area is 111 Å². The largest absolute Gasteiger partial charge is 0.342 e. The molecule has 2 unspecified atom stereocenters. The lowest BCUT2D eigenvalue weighted by Crippen LogP contribution is -2.36. The second kappa shape index (κ2) is 5.60. The summed E-state index contributed by atoms with van der Waals surface area (Å²) < 4.78 is 0. The minimum atomic E-state index is 0.335. The summed E-state index contributed by atoms with van der Waals surface area (Å²) in [6.07, 6.45) is 4.37. The molecule has 1 amide bonds. The smallest absolute Gasteiger partial charge is 0.222 e. The van der Waals surface area contributed by atoms with Gasteiger partial charge in [0.05, 0.1) is 0 Å². The topological polar surface area (TPSA) is 32.3 Å². The lowest BCUT2D eigenvalue weighted by Gasteiger charge is -2.28. The van der Waals surface area contributed by atoms with Gasteiger partial charge in [0.1, 0.15) is 0 Å². The minimum absolute atomic E-state index is 0.335. The average molecular weight is 252 g/mol. The van der Waals surface area contributed by atoms with Crippen LogP contribution in [-0.4, -0.2) is 37.0 Å². The number of nitrogens with zero attached hydrogens (tertiary/aromatic N) is 1. The van der Waals surface area contributed by atoms with Gasteiger partial charge in [-0.05, 0) is 49.6 Å². The molecule has 0 aliphatic carbocycles. The molecule has 0 radical (unpaired) electrons. The van der Waals surface area contributed by atoms with Crippen LogP contribution in [0.3, 0.4) is 0 Å². The molecule has 2 saturated heterocycles. The van der Waals surface area contributed by atoms with Crippen molar-refractivity contribution in [1.82, 2.24) is 10.2 Å². The van der Waals surface area contributed by atoms with Crippen LogP contribution in [0.2, 0.25) is 0 Å². The molecule has 0 aromatic rings. The first kappa shape index (κ1) is 13.9. The van der Waals surface area contributed by atoms with Crippen LogP contribution in [0.1, 0.15) is 46.5 Å². The normalized spacial score (nSPS) is 29.6. The van der Waals surface area contributed by atoms with Crippen molar-refractivity contribution in [3.63, 3.8) is 0 Å². The first-order valence-electron chi connectivity index (χ1n) is 7.45. The van der Waals surface area contributed by atoms with Crippen LogP contribution in [0.5, 0.6) is 0 Å². The number of hydrogen-bond donors (Lipinski definition) is 1. The van der Waals surface area contributed by atoms with E-state index in [1.807, 2.05) is 0 Å². The zero-order chi connectivity index (χ0) is 13.2. The summed E-state index contributed by atoms with van der Waals surface area (Å²) in [6.45, 7) is 11.0. The maximum absolute atomic E-state index is 12.3. The number of nitrogens with one attached hydrogen (secondary N) is 1. The van der Waals surface area contributed by atoms with Crippen molar-refractivity contribution in [2.75, 3.05) is 26.2 Å². The molecular weight excluding hydrogens is 224 g/mol. The Hall–Kier alpha value is -0.570. The molecule has 2 fully saturated rings. The van der Waals surface area contributed by atoms with E-state index < -0.39 is 0 Å². The zero-order valence-electron chi connectivity index (χ0n) is 12.2. The minimum Gasteiger partial charge on any atom is -0.342 e. The molecule has 0 spiro atoms. The van der Waals surface area contributed by atoms with Gasteiger partial charge in [0.25, 0.3) is 0 Å². The maximum Gasteiger partial charge on any atom is 0.222 e. The molecule has 18 heavy (non-hydrogen) atoms. The number of piperidine rings is 1. The average Bonchev–Trinajstić information content (AvgIpc) is 2.79. The van der Waals surface area contributed by atoms with Gasteiger partial charge < -0.3 is 10.2 Å². The Bertz CT molecular complexity index is 289. The SMILES string of the molecule is CC(C)(C)C1CCN(C(=O)CC2CCCNC2)C1. The second-order valence-electron chi connectivity index (χ2n) is 7.11. The number of carbonyl (C=O) groups excluding carboxylic acids is 1. The van der Waals surface area contributed by atoms with Crippen LogP contribution in [0.25, 0.3) is 0 Å². The number of rotatable bonds is 2. The number of hydrogen-bond acceptors (Lipinski definition) is 2. The van der Waals surface area contributed by atoms with Gasteiger partial charge >= 0.3 is 0 Å². The highest BCUT2D eigenvalue weighted by Gasteiger charge is 2.34. The predicted molar refractivity (Wildman–Crippen MR) is 74.4 cm³/mol. The van der Waals surface area contributed by atoms with E-state index in [1.165, 1.54) is 19.3 Å². The third-order valence-corrected chi connectivity index (χ3v) is 4.63. The van der Waals surface area contributed by atoms with Crippen LogP contribution in [0.4, 0.5) is 0 Å². The molecule has 1 N–H and O–H groups in total. The quantitative estimate of drug-likeness (QED) is 0.817. The summed E-state index contributed by atoms with van der Waals surface area (Å²) >= 11 is 0. The second-order valence-corrected chi connectivity index (χ2v) is 7.11. The van der Waals surface area contributed by atoms with Gasteiger partial charge in [0, 0.05) is 19.5 Å². The van der Waals surface area contributed by atoms with E-state index in [2.05, 4.69) is 31.0 Å². The van der Waals surface area contributed by atoms with E-state index in [9.17, 15) is 4.79 Å². The van der Waals surface area contributed by atoms with Gasteiger partial charge in [0.2, 0.25) is 5.91 Å². The number of amides is 1. The fourth-order valence-corrected chi connectivity index (χ4v) is 3.17. The highest BCUT2D eigenvalue weighted by Crippen LogP contribution is 2.34. The standard InChI is InChI=1S/C15H28N2O/c1-15(2,3)13-6-8-17(11-13)14(18)9-12-5-4-7-16-10-12/h12-13,16H,4-11H2,1-3H3. The highest BCUT2D eigenvalue weighted by molar-refractivity contribution is 5.76. The van der Waals surface area contributed by atoms with Crippen LogP contribution < -0.4 is 5.32 Å². The molecule has 2 aliphatic heterocycles. The summed E-state index contributed by atoms with van der Waals surface area (Å²) in [4.78, 5) is 14.4. The van der Waals surface area contributed by atoms with Crippen molar-refractivity contribution < 1.29 is 4.79 Å². The van der Waals surface area contributed by atoms with Gasteiger partial charge in [-0.15, -0.1) is 0 Å². The van der Waals surface area contributed by atoms with Crippen molar-refractivity contribution >= 4 is 5.91 Å². The molecule has 0 bridgehead atoms. The summed E-state index contributed by atoms with van der Waals surface area (Å²) in [5, 5.41) is 3.39. The first-order chi connectivity index (χ1) is 8.47. The monoisotopic (exact) mass is 252 g/mol. The van der Waals surface area contributed by atoms with E-state index in [0.717, 1.165) is 32.6 Å². The Morgan fingerprint density at radius 2 is 2.11 bits per heavy atom. The Morgan fingerprint density at radius 1 is 1.33 bits per heavy atom. The van der Waals surface area contributed by atoms with Crippen LogP contribution in [0, 0.1) is 17.3 Å². The molecule has 0 aromatic carbocycles. The summed E-state index contributed by atoms with van der Waals surface area (Å²) in [5.74, 6) is 1.63. The van der Waals surface area contributed by atoms with Crippen molar-refractivity contribution in [3.8, 4) is 0 Å². The van der Waals surface area contributed by atoms with Gasteiger partial charge in [-0.25, -0.2) is 0 Å². The van der Waals surface area contributed by atoms with Gasteiger partial charge in [-0.1, -0.05) is 20.8 Å². The van der Waals surface area contributed by atoms with Gasteiger partial charge in [-0.3, -0.25) is 4.79 Å². The fraction of sp³-hybridized carbons (Fsp3) is 0.933. The van der Waals surface area contributed by atoms with Crippen molar-refractivity contribution in [2.45, 2.75) is 46.5 Å². The van der Waals surface area contributed by atoms with E-state index >= 15 is 0 Å². The number of carbonyl (C=O) groups is 1. The molecule has 0 saturated carbocycles. The summed E-state index contributed by atoms with van der Waals surface area (Å²) in [5.41, 5.74) is 0.335. The van der Waals surface area contributed by atoms with Gasteiger partial charge in [-0.2, -0.15) is 0 Å². The van der Waals surface area contributed by atoms with E-state index in [-0.39, 0.29) is 0 Å². The molecular formula is C15H28N2O. The molecule has 3 heteroatoms. The highest BCUT2D eigenvalue weighted by atomic mass is 16.2. The van der Waals surface area contributed by atoms with E-state index in [4.69, 9.17) is 0 Å². The van der Waals surface area contributed by atoms with Crippen molar-refractivity contribution in [1.29, 1.82) is 0 Å². The summed E-state index contributed by atoms with van der Waals surface area (Å²) in [7, 11) is 0. The molecule has 2 heterocycles. The van der Waals surface area contributed by atoms with Crippen molar-refractivity contribution in [3.05, 3.63) is 0 Å². The van der Waals surface area contributed by atoms with Crippen molar-refractivity contribution in [2.24, 2.45) is 17.3 Å². The van der Waals surface area contributed by atoms with E-state index in [0.29, 0.717) is 23.2 Å². The molecule has 2 rings (SSSR count). The molecule has 2 atom stereocenters. The maximum atomic E-state index is 12.3. The lowest BCUT2D eigenvalue weighted by molar-refractivity contribution is -0.131. The van der Waals surface area contributed by atoms with Crippen LogP contribution in [0.15, 0.2) is 0 Å². The first-order valence-corrected chi connectivity index (χ1v) is 7.45. The predicted octanol–water partition coefficient (Wildman–Crippen LogP) is 2.27. The fourth-order valence-electron chi connectivity index (χ4n) is 3.17. The third kappa shape index (κ3) is 3.47. The van der Waals surface area contributed by atoms with Gasteiger partial charge in [0.15, 0.2) is 0 Å². The number of likely N-dealkylation sites (tertiary alicyclic amines) is 1. The van der Waals surface area contributed by atoms with Crippen LogP contribution >= 0.6 is 0 Å².